The number of aromatic nitrogens is 6. The lowest BCUT2D eigenvalue weighted by Gasteiger charge is -2.56. The summed E-state index contributed by atoms with van der Waals surface area (Å²) < 4.78 is 7.80. The molecule has 5 aromatic rings. The van der Waals surface area contributed by atoms with Crippen LogP contribution in [0.3, 0.4) is 0 Å². The number of carbonyl (C=O) groups excluding carboxylic acids is 1. The van der Waals surface area contributed by atoms with E-state index in [9.17, 15) is 4.79 Å². The predicted molar refractivity (Wildman–Crippen MR) is 151 cm³/mol. The van der Waals surface area contributed by atoms with Gasteiger partial charge in [-0.15, -0.1) is 0 Å². The number of nitrogens with zero attached hydrogens (tertiary/aromatic N) is 8. The zero-order valence-corrected chi connectivity index (χ0v) is 22.1. The molecule has 2 atom stereocenters. The Morgan fingerprint density at radius 2 is 1.93 bits per heavy atom. The second-order valence-corrected chi connectivity index (χ2v) is 10.1. The van der Waals surface area contributed by atoms with Crippen molar-refractivity contribution in [2.24, 2.45) is 0 Å². The van der Waals surface area contributed by atoms with Crippen molar-refractivity contribution >= 4 is 39.9 Å². The molecule has 2 bridgehead atoms. The Hall–Kier alpha value is -5.06. The van der Waals surface area contributed by atoms with Crippen molar-refractivity contribution in [2.75, 3.05) is 23.3 Å². The van der Waals surface area contributed by atoms with E-state index in [1.54, 1.807) is 16.7 Å². The summed E-state index contributed by atoms with van der Waals surface area (Å²) in [7, 11) is 0. The van der Waals surface area contributed by atoms with Crippen molar-refractivity contribution in [3.05, 3.63) is 79.0 Å². The maximum absolute atomic E-state index is 12.4. The summed E-state index contributed by atoms with van der Waals surface area (Å²) in [6, 6.07) is 14.0. The highest BCUT2D eigenvalue weighted by Gasteiger charge is 2.46. The SMILES string of the molecule is C/C=C/C(=O)N1C2CC1CN(c1ccc3ncnc(Nc4ccc(Oc5ccn6ncnc6c5)c(C)c4)c3n1)C2. The van der Waals surface area contributed by atoms with Crippen LogP contribution in [0.2, 0.25) is 0 Å². The van der Waals surface area contributed by atoms with Crippen LogP contribution in [0, 0.1) is 6.92 Å². The molecule has 3 fully saturated rings. The van der Waals surface area contributed by atoms with Gasteiger partial charge in [-0.1, -0.05) is 6.08 Å². The van der Waals surface area contributed by atoms with E-state index in [2.05, 4.69) is 30.3 Å². The first kappa shape index (κ1) is 24.0. The summed E-state index contributed by atoms with van der Waals surface area (Å²) in [5, 5.41) is 7.53. The van der Waals surface area contributed by atoms with Gasteiger partial charge in [-0.2, -0.15) is 5.10 Å². The van der Waals surface area contributed by atoms with Gasteiger partial charge in [0.1, 0.15) is 35.5 Å². The van der Waals surface area contributed by atoms with Gasteiger partial charge in [0, 0.05) is 31.0 Å². The number of hydrogen-bond donors (Lipinski definition) is 1. The van der Waals surface area contributed by atoms with Gasteiger partial charge in [0.15, 0.2) is 11.5 Å². The molecule has 1 amide bonds. The van der Waals surface area contributed by atoms with Crippen LogP contribution in [0.5, 0.6) is 11.5 Å². The molecule has 1 N–H and O–H groups in total. The average Bonchev–Trinajstić information content (AvgIpc) is 3.43. The number of ether oxygens (including phenoxy) is 1. The minimum atomic E-state index is 0.0952. The number of hydrogen-bond acceptors (Lipinski definition) is 9. The van der Waals surface area contributed by atoms with Crippen LogP contribution in [-0.2, 0) is 4.79 Å². The third kappa shape index (κ3) is 4.25. The lowest BCUT2D eigenvalue weighted by Crippen LogP contribution is -2.70. The van der Waals surface area contributed by atoms with Crippen molar-refractivity contribution in [3.8, 4) is 11.5 Å². The van der Waals surface area contributed by atoms with Crippen molar-refractivity contribution in [1.82, 2.24) is 34.4 Å². The van der Waals surface area contributed by atoms with E-state index in [0.29, 0.717) is 17.1 Å². The quantitative estimate of drug-likeness (QED) is 0.320. The molecule has 8 rings (SSSR count). The first-order chi connectivity index (χ1) is 19.6. The molecule has 4 aromatic heterocycles. The van der Waals surface area contributed by atoms with Crippen molar-refractivity contribution in [1.29, 1.82) is 0 Å². The number of piperazine rings is 1. The monoisotopic (exact) mass is 533 g/mol. The van der Waals surface area contributed by atoms with Gasteiger partial charge in [0.05, 0.1) is 17.6 Å². The molecule has 0 saturated carbocycles. The lowest BCUT2D eigenvalue weighted by atomic mass is 9.87. The number of amides is 1. The lowest BCUT2D eigenvalue weighted by molar-refractivity contribution is -0.140. The third-order valence-electron chi connectivity index (χ3n) is 7.47. The fourth-order valence-electron chi connectivity index (χ4n) is 5.55. The number of anilines is 3. The summed E-state index contributed by atoms with van der Waals surface area (Å²) in [4.78, 5) is 34.8. The second-order valence-electron chi connectivity index (χ2n) is 10.1. The van der Waals surface area contributed by atoms with E-state index in [0.717, 1.165) is 53.5 Å². The molecule has 200 valence electrons. The Kier molecular flexibility index (Phi) is 5.76. The van der Waals surface area contributed by atoms with Crippen LogP contribution < -0.4 is 15.0 Å². The van der Waals surface area contributed by atoms with Gasteiger partial charge >= 0.3 is 0 Å². The highest BCUT2D eigenvalue weighted by molar-refractivity contribution is 5.90. The van der Waals surface area contributed by atoms with E-state index in [4.69, 9.17) is 9.72 Å². The minimum absolute atomic E-state index is 0.0952. The number of fused-ring (bicyclic) bond motifs is 4. The molecule has 3 saturated heterocycles. The maximum atomic E-state index is 12.4. The molecule has 0 aliphatic carbocycles. The number of piperidine rings is 1. The molecule has 11 nitrogen and oxygen atoms in total. The Balaban J connectivity index is 1.10. The van der Waals surface area contributed by atoms with E-state index in [1.807, 2.05) is 67.4 Å². The fourth-order valence-corrected chi connectivity index (χ4v) is 5.55. The van der Waals surface area contributed by atoms with Crippen LogP contribution in [-0.4, -0.2) is 65.5 Å². The van der Waals surface area contributed by atoms with Crippen LogP contribution in [0.15, 0.2) is 73.5 Å². The molecule has 0 radical (unpaired) electrons. The molecule has 3 aliphatic heterocycles. The Labute approximate surface area is 230 Å². The molecule has 0 spiro atoms. The molecule has 2 unspecified atom stereocenters. The van der Waals surface area contributed by atoms with Gasteiger partial charge in [0.2, 0.25) is 5.91 Å². The third-order valence-corrected chi connectivity index (χ3v) is 7.47. The smallest absolute Gasteiger partial charge is 0.246 e. The fraction of sp³-hybridized carbons (Fsp3) is 0.241. The highest BCUT2D eigenvalue weighted by Crippen LogP contribution is 2.35. The summed E-state index contributed by atoms with van der Waals surface area (Å²) >= 11 is 0. The van der Waals surface area contributed by atoms with E-state index < -0.39 is 0 Å². The van der Waals surface area contributed by atoms with Gasteiger partial charge in [-0.25, -0.2) is 24.5 Å². The van der Waals surface area contributed by atoms with Crippen molar-refractivity contribution < 1.29 is 9.53 Å². The molecular formula is C29H27N9O2. The van der Waals surface area contributed by atoms with Gasteiger partial charge in [-0.3, -0.25) is 4.79 Å². The van der Waals surface area contributed by atoms with Crippen LogP contribution in [0.25, 0.3) is 16.7 Å². The number of benzene rings is 1. The number of pyridine rings is 2. The summed E-state index contributed by atoms with van der Waals surface area (Å²) in [5.41, 5.74) is 4.00. The number of nitrogens with one attached hydrogen (secondary N) is 1. The highest BCUT2D eigenvalue weighted by atomic mass is 16.5. The summed E-state index contributed by atoms with van der Waals surface area (Å²) in [5.74, 6) is 3.02. The Morgan fingerprint density at radius 3 is 2.75 bits per heavy atom. The minimum Gasteiger partial charge on any atom is -0.457 e. The van der Waals surface area contributed by atoms with Crippen LogP contribution >= 0.6 is 0 Å². The van der Waals surface area contributed by atoms with E-state index in [1.165, 1.54) is 12.7 Å². The second kappa shape index (κ2) is 9.60. The standard InChI is InChI=1S/C29H27N9O2/c1-3-4-27(39)38-20-12-21(38)15-36(14-20)25-8-6-23-28(35-25)29(32-16-30-23)34-19-5-7-24(18(2)11-19)40-22-9-10-37-26(13-22)31-17-33-37/h3-11,13,16-17,20-21H,12,14-15H2,1-2H3,(H,30,32,34)/b4-3+. The topological polar surface area (TPSA) is 114 Å². The molecule has 40 heavy (non-hydrogen) atoms. The number of rotatable bonds is 6. The van der Waals surface area contributed by atoms with Gasteiger partial charge < -0.3 is 19.9 Å². The van der Waals surface area contributed by atoms with Crippen LogP contribution in [0.1, 0.15) is 18.9 Å². The van der Waals surface area contributed by atoms with E-state index in [-0.39, 0.29) is 18.0 Å². The molecule has 3 aliphatic rings. The molecule has 1 aromatic carbocycles. The molecule has 11 heteroatoms. The number of carbonyl (C=O) groups is 1. The summed E-state index contributed by atoms with van der Waals surface area (Å²) in [6.45, 7) is 5.40. The van der Waals surface area contributed by atoms with E-state index >= 15 is 0 Å². The number of aryl methyl sites for hydroxylation is 1. The first-order valence-corrected chi connectivity index (χ1v) is 13.2. The predicted octanol–water partition coefficient (Wildman–Crippen LogP) is 4.28. The molecular weight excluding hydrogens is 506 g/mol. The first-order valence-electron chi connectivity index (χ1n) is 13.2. The van der Waals surface area contributed by atoms with Crippen LogP contribution in [0.4, 0.5) is 17.3 Å². The summed E-state index contributed by atoms with van der Waals surface area (Å²) in [6.07, 6.45) is 9.36. The van der Waals surface area contributed by atoms with Crippen molar-refractivity contribution in [3.63, 3.8) is 0 Å². The normalized spacial score (nSPS) is 18.4. The zero-order valence-electron chi connectivity index (χ0n) is 22.1. The number of allylic oxidation sites excluding steroid dienone is 1. The van der Waals surface area contributed by atoms with Gasteiger partial charge in [-0.05, 0) is 68.3 Å². The Morgan fingerprint density at radius 1 is 1.05 bits per heavy atom. The Bertz CT molecular complexity index is 1770. The average molecular weight is 534 g/mol. The van der Waals surface area contributed by atoms with Crippen molar-refractivity contribution in [2.45, 2.75) is 32.4 Å². The molecule has 7 heterocycles. The zero-order chi connectivity index (χ0) is 27.2. The maximum Gasteiger partial charge on any atom is 0.246 e. The largest absolute Gasteiger partial charge is 0.457 e. The van der Waals surface area contributed by atoms with Gasteiger partial charge in [0.25, 0.3) is 0 Å².